The summed E-state index contributed by atoms with van der Waals surface area (Å²) in [7, 11) is 1.42. The van der Waals surface area contributed by atoms with Gasteiger partial charge in [-0.25, -0.2) is 4.79 Å². The van der Waals surface area contributed by atoms with Crippen LogP contribution in [0.25, 0.3) is 0 Å². The number of hydrogen-bond acceptors (Lipinski definition) is 3. The molecular formula is C16H26N2O2. The van der Waals surface area contributed by atoms with Gasteiger partial charge in [-0.05, 0) is 36.8 Å². The van der Waals surface area contributed by atoms with E-state index in [0.29, 0.717) is 11.8 Å². The van der Waals surface area contributed by atoms with Crippen molar-refractivity contribution in [3.05, 3.63) is 23.8 Å². The van der Waals surface area contributed by atoms with E-state index in [-0.39, 0.29) is 12.1 Å². The Hall–Kier alpha value is -1.29. The van der Waals surface area contributed by atoms with Crippen molar-refractivity contribution in [2.45, 2.75) is 32.7 Å². The topological polar surface area (TPSA) is 41.6 Å². The minimum atomic E-state index is -0.325. The van der Waals surface area contributed by atoms with Crippen LogP contribution in [0.1, 0.15) is 26.7 Å². The maximum absolute atomic E-state index is 11.4. The van der Waals surface area contributed by atoms with Crippen LogP contribution in [0.5, 0.6) is 0 Å². The average Bonchev–Trinajstić information content (AvgIpc) is 2.42. The number of allylic oxidation sites excluding steroid dienone is 2. The molecule has 0 aromatic rings. The molecule has 1 fully saturated rings. The number of piperidine rings is 1. The van der Waals surface area contributed by atoms with Gasteiger partial charge >= 0.3 is 6.09 Å². The van der Waals surface area contributed by atoms with Crippen LogP contribution in [-0.2, 0) is 4.74 Å². The molecule has 2 rings (SSSR count). The van der Waals surface area contributed by atoms with Crippen LogP contribution in [0.4, 0.5) is 4.79 Å². The van der Waals surface area contributed by atoms with Crippen LogP contribution in [0.2, 0.25) is 0 Å². The van der Waals surface area contributed by atoms with E-state index in [1.165, 1.54) is 12.7 Å². The number of likely N-dealkylation sites (tertiary alicyclic amines) is 1. The highest BCUT2D eigenvalue weighted by molar-refractivity contribution is 5.67. The van der Waals surface area contributed by atoms with Crippen molar-refractivity contribution in [1.29, 1.82) is 0 Å². The maximum atomic E-state index is 11.4. The fraction of sp³-hybridized carbons (Fsp3) is 0.688. The molecule has 0 spiro atoms. The third-order valence-electron chi connectivity index (χ3n) is 4.28. The van der Waals surface area contributed by atoms with Crippen LogP contribution in [0.3, 0.4) is 0 Å². The summed E-state index contributed by atoms with van der Waals surface area (Å²) in [5.74, 6) is 1.14. The number of alkyl carbamates (subject to hydrolysis) is 1. The summed E-state index contributed by atoms with van der Waals surface area (Å²) in [5.41, 5.74) is 1.40. The van der Waals surface area contributed by atoms with Gasteiger partial charge in [-0.1, -0.05) is 32.1 Å². The van der Waals surface area contributed by atoms with Gasteiger partial charge < -0.3 is 10.1 Å². The van der Waals surface area contributed by atoms with E-state index in [9.17, 15) is 4.79 Å². The molecular weight excluding hydrogens is 252 g/mol. The molecule has 1 heterocycles. The van der Waals surface area contributed by atoms with E-state index >= 15 is 0 Å². The molecule has 1 aliphatic heterocycles. The lowest BCUT2D eigenvalue weighted by Gasteiger charge is -2.37. The van der Waals surface area contributed by atoms with Crippen molar-refractivity contribution in [2.24, 2.45) is 11.8 Å². The van der Waals surface area contributed by atoms with Gasteiger partial charge in [-0.15, -0.1) is 0 Å². The summed E-state index contributed by atoms with van der Waals surface area (Å²) in [6.07, 6.45) is 8.79. The summed E-state index contributed by atoms with van der Waals surface area (Å²) in [5, 5.41) is 2.95. The van der Waals surface area contributed by atoms with Crippen molar-refractivity contribution in [2.75, 3.05) is 26.7 Å². The number of rotatable bonds is 3. The molecule has 0 saturated carbocycles. The first-order valence-electron chi connectivity index (χ1n) is 7.52. The summed E-state index contributed by atoms with van der Waals surface area (Å²) >= 11 is 0. The first-order valence-corrected chi connectivity index (χ1v) is 7.52. The summed E-state index contributed by atoms with van der Waals surface area (Å²) in [4.78, 5) is 13.8. The number of ether oxygens (including phenoxy) is 1. The number of amides is 1. The number of carbonyl (C=O) groups excluding carboxylic acids is 1. The molecule has 112 valence electrons. The van der Waals surface area contributed by atoms with E-state index in [1.807, 2.05) is 0 Å². The Kier molecular flexibility index (Phi) is 5.24. The first-order chi connectivity index (χ1) is 9.58. The zero-order chi connectivity index (χ0) is 14.5. The normalized spacial score (nSPS) is 30.8. The van der Waals surface area contributed by atoms with Crippen LogP contribution in [0, 0.1) is 11.8 Å². The molecule has 3 atom stereocenters. The van der Waals surface area contributed by atoms with Crippen LogP contribution in [0.15, 0.2) is 23.8 Å². The second kappa shape index (κ2) is 6.93. The largest absolute Gasteiger partial charge is 0.453 e. The third kappa shape index (κ3) is 4.10. The van der Waals surface area contributed by atoms with E-state index in [2.05, 4.69) is 42.3 Å². The Labute approximate surface area is 121 Å². The van der Waals surface area contributed by atoms with E-state index in [0.717, 1.165) is 32.5 Å². The third-order valence-corrected chi connectivity index (χ3v) is 4.28. The lowest BCUT2D eigenvalue weighted by molar-refractivity contribution is 0.132. The van der Waals surface area contributed by atoms with Gasteiger partial charge in [-0.2, -0.15) is 0 Å². The average molecular weight is 278 g/mol. The Morgan fingerprint density at radius 1 is 1.50 bits per heavy atom. The minimum Gasteiger partial charge on any atom is -0.453 e. The maximum Gasteiger partial charge on any atom is 0.407 e. The number of nitrogens with one attached hydrogen (secondary N) is 1. The van der Waals surface area contributed by atoms with Gasteiger partial charge in [0.1, 0.15) is 0 Å². The van der Waals surface area contributed by atoms with E-state index in [4.69, 9.17) is 4.74 Å². The second-order valence-corrected chi connectivity index (χ2v) is 6.10. The molecule has 0 bridgehead atoms. The number of carbonyl (C=O) groups is 1. The Balaban J connectivity index is 1.90. The zero-order valence-corrected chi connectivity index (χ0v) is 12.8. The zero-order valence-electron chi connectivity index (χ0n) is 12.8. The van der Waals surface area contributed by atoms with Crippen LogP contribution >= 0.6 is 0 Å². The van der Waals surface area contributed by atoms with Crippen molar-refractivity contribution in [3.8, 4) is 0 Å². The van der Waals surface area contributed by atoms with Gasteiger partial charge in [0.15, 0.2) is 0 Å². The van der Waals surface area contributed by atoms with Crippen molar-refractivity contribution >= 4 is 6.09 Å². The molecule has 1 N–H and O–H groups in total. The van der Waals surface area contributed by atoms with Crippen molar-refractivity contribution in [1.82, 2.24) is 10.2 Å². The van der Waals surface area contributed by atoms with E-state index < -0.39 is 0 Å². The predicted molar refractivity (Wildman–Crippen MR) is 80.6 cm³/mol. The first kappa shape index (κ1) is 15.1. The highest BCUT2D eigenvalue weighted by Gasteiger charge is 2.27. The van der Waals surface area contributed by atoms with Gasteiger partial charge in [0, 0.05) is 19.1 Å². The second-order valence-electron chi connectivity index (χ2n) is 6.10. The monoisotopic (exact) mass is 278 g/mol. The summed E-state index contributed by atoms with van der Waals surface area (Å²) in [6, 6.07) is 0.182. The lowest BCUT2D eigenvalue weighted by Crippen LogP contribution is -2.52. The highest BCUT2D eigenvalue weighted by Crippen LogP contribution is 2.21. The predicted octanol–water partition coefficient (Wildman–Crippen LogP) is 2.58. The number of nitrogens with zero attached hydrogens (tertiary/aromatic N) is 1. The molecule has 0 aromatic heterocycles. The smallest absolute Gasteiger partial charge is 0.407 e. The Morgan fingerprint density at radius 3 is 3.00 bits per heavy atom. The van der Waals surface area contributed by atoms with Gasteiger partial charge in [0.2, 0.25) is 0 Å². The molecule has 0 aromatic carbocycles. The van der Waals surface area contributed by atoms with Crippen LogP contribution < -0.4 is 5.32 Å². The van der Waals surface area contributed by atoms with Gasteiger partial charge in [-0.3, -0.25) is 4.90 Å². The van der Waals surface area contributed by atoms with E-state index in [1.54, 1.807) is 0 Å². The number of hydrogen-bond donors (Lipinski definition) is 1. The standard InChI is InChI=1S/C16H26N2O2/c1-12-5-4-6-14(9-12)10-18-8-7-13(2)15(11-18)17-16(19)20-3/h4,6,9,12-13,15H,5,7-8,10-11H2,1-3H3,(H,17,19)/t12?,13-,15+/m1/s1. The summed E-state index contributed by atoms with van der Waals surface area (Å²) in [6.45, 7) is 7.42. The molecule has 4 heteroatoms. The Morgan fingerprint density at radius 2 is 2.30 bits per heavy atom. The molecule has 2 aliphatic rings. The fourth-order valence-corrected chi connectivity index (χ4v) is 2.97. The van der Waals surface area contributed by atoms with Crippen molar-refractivity contribution < 1.29 is 9.53 Å². The van der Waals surface area contributed by atoms with Gasteiger partial charge in [0.25, 0.3) is 0 Å². The van der Waals surface area contributed by atoms with Gasteiger partial charge in [0.05, 0.1) is 7.11 Å². The quantitative estimate of drug-likeness (QED) is 0.862. The minimum absolute atomic E-state index is 0.182. The molecule has 20 heavy (non-hydrogen) atoms. The van der Waals surface area contributed by atoms with Crippen molar-refractivity contribution in [3.63, 3.8) is 0 Å². The summed E-state index contributed by atoms with van der Waals surface area (Å²) < 4.78 is 4.71. The lowest BCUT2D eigenvalue weighted by atomic mass is 9.92. The van der Waals surface area contributed by atoms with Crippen LogP contribution in [-0.4, -0.2) is 43.8 Å². The highest BCUT2D eigenvalue weighted by atomic mass is 16.5. The molecule has 1 saturated heterocycles. The fourth-order valence-electron chi connectivity index (χ4n) is 2.97. The molecule has 1 aliphatic carbocycles. The molecule has 1 unspecified atom stereocenters. The number of methoxy groups -OCH3 is 1. The SMILES string of the molecule is COC(=O)N[C@H]1CN(CC2=CC(C)CC=C2)CC[C@H]1C. The molecule has 1 amide bonds. The molecule has 0 radical (unpaired) electrons. The molecule has 4 nitrogen and oxygen atoms in total. The Bertz CT molecular complexity index is 403.